The molecule has 1 atom stereocenters. The Balaban J connectivity index is 2.05. The molecule has 0 N–H and O–H groups in total. The summed E-state index contributed by atoms with van der Waals surface area (Å²) < 4.78 is 5.11. The van der Waals surface area contributed by atoms with Gasteiger partial charge in [0.05, 0.1) is 19.1 Å². The standard InChI is InChI=1S/C19H17NO2/c1-22-18-9-5-8-17(13-18)19(21)12-16(14-20)11-10-15-6-3-2-4-7-15/h2-11,13,16H,12H2,1H3/b11-10+. The lowest BCUT2D eigenvalue weighted by Crippen LogP contribution is -2.05. The predicted molar refractivity (Wildman–Crippen MR) is 86.5 cm³/mol. The SMILES string of the molecule is COc1cccc(C(=O)CC(C#N)/C=C/c2ccccc2)c1. The van der Waals surface area contributed by atoms with Crippen LogP contribution in [0.3, 0.4) is 0 Å². The van der Waals surface area contributed by atoms with Crippen LogP contribution in [0.2, 0.25) is 0 Å². The number of ketones is 1. The van der Waals surface area contributed by atoms with Crippen molar-refractivity contribution in [3.63, 3.8) is 0 Å². The van der Waals surface area contributed by atoms with Crippen LogP contribution in [-0.4, -0.2) is 12.9 Å². The summed E-state index contributed by atoms with van der Waals surface area (Å²) in [7, 11) is 1.56. The number of nitrogens with zero attached hydrogens (tertiary/aromatic N) is 1. The molecule has 0 saturated carbocycles. The first-order valence-corrected chi connectivity index (χ1v) is 7.03. The van der Waals surface area contributed by atoms with Gasteiger partial charge in [-0.25, -0.2) is 0 Å². The van der Waals surface area contributed by atoms with E-state index in [9.17, 15) is 10.1 Å². The lowest BCUT2D eigenvalue weighted by atomic mass is 9.98. The quantitative estimate of drug-likeness (QED) is 0.752. The molecule has 22 heavy (non-hydrogen) atoms. The van der Waals surface area contributed by atoms with Gasteiger partial charge < -0.3 is 4.74 Å². The molecular weight excluding hydrogens is 274 g/mol. The van der Waals surface area contributed by atoms with Crippen molar-refractivity contribution in [1.29, 1.82) is 5.26 Å². The van der Waals surface area contributed by atoms with E-state index in [1.165, 1.54) is 0 Å². The number of hydrogen-bond donors (Lipinski definition) is 0. The van der Waals surface area contributed by atoms with Crippen molar-refractivity contribution in [3.8, 4) is 11.8 Å². The van der Waals surface area contributed by atoms with Gasteiger partial charge in [0.25, 0.3) is 0 Å². The summed E-state index contributed by atoms with van der Waals surface area (Å²) in [5, 5.41) is 9.22. The molecule has 3 nitrogen and oxygen atoms in total. The number of benzene rings is 2. The van der Waals surface area contributed by atoms with Gasteiger partial charge in [0.2, 0.25) is 0 Å². The van der Waals surface area contributed by atoms with Crippen LogP contribution in [0.5, 0.6) is 5.75 Å². The van der Waals surface area contributed by atoms with Crippen molar-refractivity contribution >= 4 is 11.9 Å². The van der Waals surface area contributed by atoms with Crippen LogP contribution in [0.4, 0.5) is 0 Å². The molecule has 0 aliphatic carbocycles. The third kappa shape index (κ3) is 4.32. The summed E-state index contributed by atoms with van der Waals surface area (Å²) >= 11 is 0. The van der Waals surface area contributed by atoms with Gasteiger partial charge in [-0.05, 0) is 17.7 Å². The lowest BCUT2D eigenvalue weighted by molar-refractivity contribution is 0.0975. The maximum atomic E-state index is 12.3. The molecular formula is C19H17NO2. The van der Waals surface area contributed by atoms with Crippen LogP contribution in [0, 0.1) is 17.2 Å². The van der Waals surface area contributed by atoms with Gasteiger partial charge in [-0.3, -0.25) is 4.79 Å². The highest BCUT2D eigenvalue weighted by Gasteiger charge is 2.13. The fourth-order valence-corrected chi connectivity index (χ4v) is 2.06. The third-order valence-corrected chi connectivity index (χ3v) is 3.28. The number of methoxy groups -OCH3 is 1. The van der Waals surface area contributed by atoms with E-state index >= 15 is 0 Å². The van der Waals surface area contributed by atoms with E-state index in [-0.39, 0.29) is 12.2 Å². The van der Waals surface area contributed by atoms with Crippen molar-refractivity contribution in [2.75, 3.05) is 7.11 Å². The summed E-state index contributed by atoms with van der Waals surface area (Å²) in [6.07, 6.45) is 3.80. The molecule has 0 fully saturated rings. The molecule has 0 aliphatic rings. The van der Waals surface area contributed by atoms with Gasteiger partial charge >= 0.3 is 0 Å². The van der Waals surface area contributed by atoms with Crippen molar-refractivity contribution in [2.45, 2.75) is 6.42 Å². The molecule has 1 unspecified atom stereocenters. The van der Waals surface area contributed by atoms with E-state index in [0.29, 0.717) is 11.3 Å². The minimum atomic E-state index is -0.445. The highest BCUT2D eigenvalue weighted by atomic mass is 16.5. The van der Waals surface area contributed by atoms with Gasteiger partial charge in [0.15, 0.2) is 5.78 Å². The summed E-state index contributed by atoms with van der Waals surface area (Å²) in [5.74, 6) is 0.126. The Labute approximate surface area is 130 Å². The molecule has 0 radical (unpaired) electrons. The summed E-state index contributed by atoms with van der Waals surface area (Å²) in [4.78, 5) is 12.3. The Morgan fingerprint density at radius 3 is 2.68 bits per heavy atom. The maximum absolute atomic E-state index is 12.3. The molecule has 110 valence electrons. The monoisotopic (exact) mass is 291 g/mol. The topological polar surface area (TPSA) is 50.1 Å². The molecule has 0 aliphatic heterocycles. The molecule has 0 saturated heterocycles. The first kappa shape index (κ1) is 15.5. The van der Waals surface area contributed by atoms with Crippen LogP contribution >= 0.6 is 0 Å². The van der Waals surface area contributed by atoms with Gasteiger partial charge in [0, 0.05) is 12.0 Å². The Bertz CT molecular complexity index is 699. The van der Waals surface area contributed by atoms with E-state index in [1.807, 2.05) is 36.4 Å². The summed E-state index contributed by atoms with van der Waals surface area (Å²) in [5.41, 5.74) is 1.57. The molecule has 2 aromatic carbocycles. The molecule has 0 amide bonds. The zero-order chi connectivity index (χ0) is 15.8. The van der Waals surface area contributed by atoms with Crippen LogP contribution in [0.25, 0.3) is 6.08 Å². The predicted octanol–water partition coefficient (Wildman–Crippen LogP) is 4.12. The second kappa shape index (κ2) is 7.80. The van der Waals surface area contributed by atoms with Crippen LogP contribution in [-0.2, 0) is 0 Å². The largest absolute Gasteiger partial charge is 0.497 e. The number of allylic oxidation sites excluding steroid dienone is 1. The molecule has 0 spiro atoms. The Morgan fingerprint density at radius 2 is 2.00 bits per heavy atom. The van der Waals surface area contributed by atoms with Crippen LogP contribution in [0.15, 0.2) is 60.7 Å². The van der Waals surface area contributed by atoms with Gasteiger partial charge in [-0.1, -0.05) is 54.6 Å². The molecule has 0 aromatic heterocycles. The minimum absolute atomic E-state index is 0.0665. The number of carbonyl (C=O) groups excluding carboxylic acids is 1. The highest BCUT2D eigenvalue weighted by molar-refractivity contribution is 5.96. The first-order valence-electron chi connectivity index (χ1n) is 7.03. The first-order chi connectivity index (χ1) is 10.7. The highest BCUT2D eigenvalue weighted by Crippen LogP contribution is 2.17. The Hall–Kier alpha value is -2.86. The maximum Gasteiger partial charge on any atom is 0.164 e. The number of hydrogen-bond acceptors (Lipinski definition) is 3. The second-order valence-electron chi connectivity index (χ2n) is 4.86. The van der Waals surface area contributed by atoms with Crippen LogP contribution < -0.4 is 4.74 Å². The molecule has 3 heteroatoms. The zero-order valence-electron chi connectivity index (χ0n) is 12.4. The van der Waals surface area contributed by atoms with E-state index in [4.69, 9.17) is 4.74 Å². The smallest absolute Gasteiger partial charge is 0.164 e. The minimum Gasteiger partial charge on any atom is -0.497 e. The van der Waals surface area contributed by atoms with Crippen molar-refractivity contribution in [2.24, 2.45) is 5.92 Å². The van der Waals surface area contributed by atoms with E-state index in [0.717, 1.165) is 5.56 Å². The Kier molecular flexibility index (Phi) is 5.50. The molecule has 0 heterocycles. The zero-order valence-corrected chi connectivity index (χ0v) is 12.4. The lowest BCUT2D eigenvalue weighted by Gasteiger charge is -2.05. The van der Waals surface area contributed by atoms with Crippen LogP contribution in [0.1, 0.15) is 22.3 Å². The van der Waals surface area contributed by atoms with Gasteiger partial charge in [-0.15, -0.1) is 0 Å². The number of rotatable bonds is 6. The fraction of sp³-hybridized carbons (Fsp3) is 0.158. The van der Waals surface area contributed by atoms with Crippen molar-refractivity contribution in [1.82, 2.24) is 0 Å². The average Bonchev–Trinajstić information content (AvgIpc) is 2.59. The number of nitriles is 1. The average molecular weight is 291 g/mol. The van der Waals surface area contributed by atoms with E-state index < -0.39 is 5.92 Å². The second-order valence-corrected chi connectivity index (χ2v) is 4.86. The van der Waals surface area contributed by atoms with Gasteiger partial charge in [0.1, 0.15) is 5.75 Å². The fourth-order valence-electron chi connectivity index (χ4n) is 2.06. The summed E-state index contributed by atoms with van der Waals surface area (Å²) in [6.45, 7) is 0. The number of ether oxygens (including phenoxy) is 1. The molecule has 0 bridgehead atoms. The normalized spacial score (nSPS) is 11.8. The molecule has 2 aromatic rings. The Morgan fingerprint density at radius 1 is 1.23 bits per heavy atom. The number of carbonyl (C=O) groups is 1. The van der Waals surface area contributed by atoms with Crippen molar-refractivity contribution in [3.05, 3.63) is 71.8 Å². The number of Topliss-reactive ketones (excluding diaryl/α,β-unsaturated/α-hetero) is 1. The molecule has 2 rings (SSSR count). The summed E-state index contributed by atoms with van der Waals surface area (Å²) in [6, 6.07) is 18.9. The van der Waals surface area contributed by atoms with Crippen molar-refractivity contribution < 1.29 is 9.53 Å². The third-order valence-electron chi connectivity index (χ3n) is 3.28. The van der Waals surface area contributed by atoms with E-state index in [1.54, 1.807) is 37.5 Å². The van der Waals surface area contributed by atoms with Gasteiger partial charge in [-0.2, -0.15) is 5.26 Å². The van der Waals surface area contributed by atoms with E-state index in [2.05, 4.69) is 6.07 Å².